The fourth-order valence-electron chi connectivity index (χ4n) is 4.88. The molecular formula is C12H17NO. The molecule has 14 heavy (non-hydrogen) atoms. The number of nitrogens with one attached hydrogen (secondary N) is 1. The predicted octanol–water partition coefficient (Wildman–Crippen LogP) is 1.56. The minimum atomic E-state index is 0.369. The van der Waals surface area contributed by atoms with Crippen LogP contribution in [0.5, 0.6) is 0 Å². The molecule has 1 heterocycles. The molecule has 0 aromatic carbocycles. The van der Waals surface area contributed by atoms with Gasteiger partial charge in [-0.3, -0.25) is 4.79 Å². The Morgan fingerprint density at radius 3 is 2.21 bits per heavy atom. The van der Waals surface area contributed by atoms with Gasteiger partial charge >= 0.3 is 0 Å². The number of hydrogen-bond donors (Lipinski definition) is 1. The maximum absolute atomic E-state index is 11.6. The monoisotopic (exact) mass is 191 g/mol. The van der Waals surface area contributed by atoms with Crippen LogP contribution in [0, 0.1) is 29.6 Å². The highest BCUT2D eigenvalue weighted by Crippen LogP contribution is 2.55. The quantitative estimate of drug-likeness (QED) is 0.578. The molecule has 5 rings (SSSR count). The van der Waals surface area contributed by atoms with Gasteiger partial charge in [-0.2, -0.15) is 0 Å². The first-order valence-corrected chi connectivity index (χ1v) is 6.11. The maximum atomic E-state index is 11.6. The Bertz CT molecular complexity index is 287. The first kappa shape index (κ1) is 7.72. The van der Waals surface area contributed by atoms with Gasteiger partial charge in [0, 0.05) is 6.04 Å². The second-order valence-corrected chi connectivity index (χ2v) is 5.99. The summed E-state index contributed by atoms with van der Waals surface area (Å²) in [6.45, 7) is 0. The smallest absolute Gasteiger partial charge is 0.225 e. The second-order valence-electron chi connectivity index (χ2n) is 5.99. The Balaban J connectivity index is 1.76. The molecule has 1 saturated heterocycles. The van der Waals surface area contributed by atoms with E-state index in [0.717, 1.165) is 23.7 Å². The molecule has 1 aliphatic heterocycles. The number of β-lactam (4-membered cyclic amide) rings is 1. The Labute approximate surface area is 84.4 Å². The van der Waals surface area contributed by atoms with Gasteiger partial charge in [0.05, 0.1) is 5.92 Å². The third kappa shape index (κ3) is 0.807. The molecular weight excluding hydrogens is 174 g/mol. The van der Waals surface area contributed by atoms with Crippen LogP contribution in [0.25, 0.3) is 0 Å². The predicted molar refractivity (Wildman–Crippen MR) is 52.5 cm³/mol. The first-order chi connectivity index (χ1) is 6.81. The van der Waals surface area contributed by atoms with E-state index in [0.29, 0.717) is 17.9 Å². The molecule has 4 atom stereocenters. The van der Waals surface area contributed by atoms with Crippen LogP contribution in [0.15, 0.2) is 0 Å². The molecule has 5 aliphatic rings. The molecule has 76 valence electrons. The van der Waals surface area contributed by atoms with Gasteiger partial charge in [0.25, 0.3) is 0 Å². The van der Waals surface area contributed by atoms with Gasteiger partial charge in [-0.15, -0.1) is 0 Å². The number of carbonyl (C=O) groups excluding carboxylic acids is 1. The molecule has 0 spiro atoms. The lowest BCUT2D eigenvalue weighted by atomic mass is 9.67. The second kappa shape index (κ2) is 2.34. The van der Waals surface area contributed by atoms with Crippen LogP contribution in [-0.4, -0.2) is 11.9 Å². The van der Waals surface area contributed by atoms with Crippen molar-refractivity contribution >= 4 is 5.91 Å². The highest BCUT2D eigenvalue weighted by atomic mass is 16.2. The summed E-state index contributed by atoms with van der Waals surface area (Å²) in [6.07, 6.45) is 7.02. The van der Waals surface area contributed by atoms with E-state index in [1.807, 2.05) is 0 Å². The average Bonchev–Trinajstić information content (AvgIpc) is 2.23. The molecule has 4 saturated carbocycles. The van der Waals surface area contributed by atoms with E-state index in [1.54, 1.807) is 0 Å². The summed E-state index contributed by atoms with van der Waals surface area (Å²) in [5.41, 5.74) is 0. The highest BCUT2D eigenvalue weighted by Gasteiger charge is 2.55. The summed E-state index contributed by atoms with van der Waals surface area (Å²) in [5.74, 6) is 4.33. The number of rotatable bonds is 0. The van der Waals surface area contributed by atoms with Crippen LogP contribution in [0.2, 0.25) is 0 Å². The molecule has 0 aromatic rings. The van der Waals surface area contributed by atoms with Crippen molar-refractivity contribution in [2.45, 2.75) is 38.1 Å². The largest absolute Gasteiger partial charge is 0.352 e. The lowest BCUT2D eigenvalue weighted by Crippen LogP contribution is -2.62. The van der Waals surface area contributed by atoms with Gasteiger partial charge in [-0.25, -0.2) is 0 Å². The van der Waals surface area contributed by atoms with E-state index in [9.17, 15) is 4.79 Å². The van der Waals surface area contributed by atoms with Gasteiger partial charge < -0.3 is 5.32 Å². The molecule has 0 radical (unpaired) electrons. The lowest BCUT2D eigenvalue weighted by molar-refractivity contribution is -0.139. The molecule has 4 bridgehead atoms. The van der Waals surface area contributed by atoms with E-state index in [1.165, 1.54) is 32.1 Å². The van der Waals surface area contributed by atoms with Crippen LogP contribution in [0.4, 0.5) is 0 Å². The highest BCUT2D eigenvalue weighted by molar-refractivity contribution is 5.86. The standard InChI is InChI=1S/C12H17NO/c14-12-10-8-2-6-1-7(3-8)5-9(4-6)11(10)13-12/h6-11H,1-5H2,(H,13,14). The van der Waals surface area contributed by atoms with Crippen molar-refractivity contribution in [3.8, 4) is 0 Å². The minimum Gasteiger partial charge on any atom is -0.352 e. The molecule has 1 N–H and O–H groups in total. The van der Waals surface area contributed by atoms with E-state index in [4.69, 9.17) is 0 Å². The van der Waals surface area contributed by atoms with Crippen LogP contribution in [0.3, 0.4) is 0 Å². The first-order valence-electron chi connectivity index (χ1n) is 6.11. The van der Waals surface area contributed by atoms with Crippen molar-refractivity contribution in [3.05, 3.63) is 0 Å². The van der Waals surface area contributed by atoms with Crippen molar-refractivity contribution in [1.29, 1.82) is 0 Å². The van der Waals surface area contributed by atoms with Crippen LogP contribution in [-0.2, 0) is 4.79 Å². The molecule has 4 aliphatic carbocycles. The average molecular weight is 191 g/mol. The number of amides is 1. The zero-order valence-electron chi connectivity index (χ0n) is 8.41. The normalized spacial score (nSPS) is 58.7. The zero-order valence-corrected chi connectivity index (χ0v) is 8.41. The van der Waals surface area contributed by atoms with Crippen LogP contribution in [0.1, 0.15) is 32.1 Å². The van der Waals surface area contributed by atoms with Gasteiger partial charge in [0.1, 0.15) is 0 Å². The Morgan fingerprint density at radius 1 is 0.929 bits per heavy atom. The zero-order chi connectivity index (χ0) is 9.28. The molecule has 0 aromatic heterocycles. The van der Waals surface area contributed by atoms with Gasteiger partial charge in [-0.1, -0.05) is 0 Å². The summed E-state index contributed by atoms with van der Waals surface area (Å²) < 4.78 is 0. The summed E-state index contributed by atoms with van der Waals surface area (Å²) in [7, 11) is 0. The van der Waals surface area contributed by atoms with Crippen molar-refractivity contribution in [3.63, 3.8) is 0 Å². The van der Waals surface area contributed by atoms with Crippen LogP contribution < -0.4 is 5.32 Å². The van der Waals surface area contributed by atoms with E-state index < -0.39 is 0 Å². The lowest BCUT2D eigenvalue weighted by Gasteiger charge is -2.41. The van der Waals surface area contributed by atoms with E-state index in [-0.39, 0.29) is 0 Å². The van der Waals surface area contributed by atoms with E-state index >= 15 is 0 Å². The third-order valence-corrected chi connectivity index (χ3v) is 5.23. The third-order valence-electron chi connectivity index (χ3n) is 5.23. The molecule has 1 amide bonds. The van der Waals surface area contributed by atoms with Crippen molar-refractivity contribution in [2.75, 3.05) is 0 Å². The summed E-state index contributed by atoms with van der Waals surface area (Å²) in [5, 5.41) is 3.16. The van der Waals surface area contributed by atoms with Crippen molar-refractivity contribution in [1.82, 2.24) is 5.32 Å². The fraction of sp³-hybridized carbons (Fsp3) is 0.917. The Morgan fingerprint density at radius 2 is 1.57 bits per heavy atom. The summed E-state index contributed by atoms with van der Waals surface area (Å²) in [6, 6.07) is 0.586. The summed E-state index contributed by atoms with van der Waals surface area (Å²) in [4.78, 5) is 11.6. The van der Waals surface area contributed by atoms with Crippen molar-refractivity contribution in [2.24, 2.45) is 29.6 Å². The van der Waals surface area contributed by atoms with Crippen molar-refractivity contribution < 1.29 is 4.79 Å². The van der Waals surface area contributed by atoms with Gasteiger partial charge in [0.15, 0.2) is 0 Å². The topological polar surface area (TPSA) is 29.1 Å². The summed E-state index contributed by atoms with van der Waals surface area (Å²) >= 11 is 0. The number of carbonyl (C=O) groups is 1. The Hall–Kier alpha value is -0.530. The molecule has 4 unspecified atom stereocenters. The SMILES string of the molecule is O=C1NC2C3CC4CC(C3)CC(C4)C12. The Kier molecular flexibility index (Phi) is 1.29. The molecule has 5 fully saturated rings. The molecule has 2 nitrogen and oxygen atoms in total. The van der Waals surface area contributed by atoms with Gasteiger partial charge in [-0.05, 0) is 55.8 Å². The van der Waals surface area contributed by atoms with E-state index in [2.05, 4.69) is 5.32 Å². The molecule has 2 heteroatoms. The van der Waals surface area contributed by atoms with Gasteiger partial charge in [0.2, 0.25) is 5.91 Å². The van der Waals surface area contributed by atoms with Crippen LogP contribution >= 0.6 is 0 Å². The minimum absolute atomic E-state index is 0.369. The number of hydrogen-bond acceptors (Lipinski definition) is 1. The fourth-order valence-corrected chi connectivity index (χ4v) is 4.88. The maximum Gasteiger partial charge on any atom is 0.225 e.